The number of amides is 1. The minimum atomic E-state index is -0.315. The van der Waals surface area contributed by atoms with Crippen molar-refractivity contribution in [3.8, 4) is 5.69 Å². The zero-order valence-corrected chi connectivity index (χ0v) is 13.1. The number of benzene rings is 1. The first-order chi connectivity index (χ1) is 10.9. The number of halogens is 1. The van der Waals surface area contributed by atoms with E-state index in [4.69, 9.17) is 0 Å². The van der Waals surface area contributed by atoms with Crippen LogP contribution in [0.2, 0.25) is 0 Å². The number of hydrogen-bond acceptors (Lipinski definition) is 4. The number of rotatable bonds is 4. The Bertz CT molecular complexity index is 725. The average molecular weight is 318 g/mol. The van der Waals surface area contributed by atoms with Crippen molar-refractivity contribution >= 4 is 5.91 Å². The van der Waals surface area contributed by atoms with Gasteiger partial charge in [-0.1, -0.05) is 5.21 Å². The lowest BCUT2D eigenvalue weighted by Crippen LogP contribution is -2.39. The molecule has 1 aliphatic carbocycles. The van der Waals surface area contributed by atoms with Crippen LogP contribution < -0.4 is 0 Å². The summed E-state index contributed by atoms with van der Waals surface area (Å²) in [6.45, 7) is 2.37. The van der Waals surface area contributed by atoms with Gasteiger partial charge in [-0.3, -0.25) is 4.79 Å². The van der Waals surface area contributed by atoms with Crippen molar-refractivity contribution in [2.75, 3.05) is 13.6 Å². The van der Waals surface area contributed by atoms with Gasteiger partial charge in [0.15, 0.2) is 5.69 Å². The standard InChI is InChI=1S/C16H19FN4O2/c1-10-5-12(17)3-4-15(10)21-9-14(18-19-21)16(23)20(2)8-11-6-13(22)7-11/h3-5,9,11,13,22H,6-8H2,1-2H3. The van der Waals surface area contributed by atoms with E-state index in [0.717, 1.165) is 12.8 Å². The SMILES string of the molecule is Cc1cc(F)ccc1-n1cc(C(=O)N(C)CC2CC(O)C2)nn1. The highest BCUT2D eigenvalue weighted by molar-refractivity contribution is 5.91. The molecule has 0 spiro atoms. The average Bonchev–Trinajstić information content (AvgIpc) is 2.94. The van der Waals surface area contributed by atoms with Crippen molar-refractivity contribution < 1.29 is 14.3 Å². The summed E-state index contributed by atoms with van der Waals surface area (Å²) in [5.41, 5.74) is 1.64. The van der Waals surface area contributed by atoms with Gasteiger partial charge in [0, 0.05) is 13.6 Å². The highest BCUT2D eigenvalue weighted by atomic mass is 19.1. The van der Waals surface area contributed by atoms with Gasteiger partial charge in [-0.25, -0.2) is 9.07 Å². The second-order valence-electron chi connectivity index (χ2n) is 6.16. The van der Waals surface area contributed by atoms with E-state index in [2.05, 4.69) is 10.3 Å². The molecule has 1 amide bonds. The zero-order chi connectivity index (χ0) is 16.6. The van der Waals surface area contributed by atoms with Gasteiger partial charge in [-0.2, -0.15) is 0 Å². The van der Waals surface area contributed by atoms with Gasteiger partial charge in [-0.05, 0) is 49.4 Å². The molecule has 0 saturated heterocycles. The summed E-state index contributed by atoms with van der Waals surface area (Å²) in [6, 6.07) is 4.36. The molecule has 122 valence electrons. The van der Waals surface area contributed by atoms with Crippen LogP contribution in [-0.4, -0.2) is 50.6 Å². The van der Waals surface area contributed by atoms with E-state index in [-0.39, 0.29) is 23.5 Å². The molecule has 23 heavy (non-hydrogen) atoms. The smallest absolute Gasteiger partial charge is 0.275 e. The number of aryl methyl sites for hydroxylation is 1. The lowest BCUT2D eigenvalue weighted by molar-refractivity contribution is 0.0264. The summed E-state index contributed by atoms with van der Waals surface area (Å²) >= 11 is 0. The largest absolute Gasteiger partial charge is 0.393 e. The molecule has 0 bridgehead atoms. The predicted molar refractivity (Wildman–Crippen MR) is 81.7 cm³/mol. The molecule has 0 radical (unpaired) electrons. The number of nitrogens with zero attached hydrogens (tertiary/aromatic N) is 4. The van der Waals surface area contributed by atoms with Gasteiger partial charge in [-0.15, -0.1) is 5.10 Å². The Morgan fingerprint density at radius 1 is 1.48 bits per heavy atom. The second-order valence-corrected chi connectivity index (χ2v) is 6.16. The Kier molecular flexibility index (Phi) is 4.12. The van der Waals surface area contributed by atoms with Crippen LogP contribution in [-0.2, 0) is 0 Å². The Labute approximate surface area is 133 Å². The Morgan fingerprint density at radius 2 is 2.22 bits per heavy atom. The monoisotopic (exact) mass is 318 g/mol. The number of hydrogen-bond donors (Lipinski definition) is 1. The quantitative estimate of drug-likeness (QED) is 0.928. The van der Waals surface area contributed by atoms with Crippen molar-refractivity contribution in [2.24, 2.45) is 5.92 Å². The summed E-state index contributed by atoms with van der Waals surface area (Å²) in [7, 11) is 1.72. The van der Waals surface area contributed by atoms with E-state index in [1.807, 2.05) is 0 Å². The number of carbonyl (C=O) groups excluding carboxylic acids is 1. The third-order valence-corrected chi connectivity index (χ3v) is 4.21. The van der Waals surface area contributed by atoms with Gasteiger partial charge in [0.25, 0.3) is 5.91 Å². The summed E-state index contributed by atoms with van der Waals surface area (Å²) < 4.78 is 14.6. The molecular formula is C16H19FN4O2. The first kappa shape index (κ1) is 15.6. The fourth-order valence-corrected chi connectivity index (χ4v) is 2.87. The lowest BCUT2D eigenvalue weighted by Gasteiger charge is -2.34. The zero-order valence-electron chi connectivity index (χ0n) is 13.1. The van der Waals surface area contributed by atoms with Gasteiger partial charge in [0.1, 0.15) is 5.82 Å². The summed E-state index contributed by atoms with van der Waals surface area (Å²) in [5.74, 6) is -0.184. The third-order valence-electron chi connectivity index (χ3n) is 4.21. The maximum atomic E-state index is 13.2. The topological polar surface area (TPSA) is 71.2 Å². The Balaban J connectivity index is 1.72. The molecule has 3 rings (SSSR count). The van der Waals surface area contributed by atoms with Crippen LogP contribution in [0.4, 0.5) is 4.39 Å². The molecule has 0 atom stereocenters. The third kappa shape index (κ3) is 3.24. The maximum absolute atomic E-state index is 13.2. The normalized spacial score (nSPS) is 20.2. The summed E-state index contributed by atoms with van der Waals surface area (Å²) in [6.07, 6.45) is 2.79. The van der Waals surface area contributed by atoms with Crippen LogP contribution in [0.15, 0.2) is 24.4 Å². The van der Waals surface area contributed by atoms with Crippen molar-refractivity contribution in [1.29, 1.82) is 0 Å². The molecule has 1 heterocycles. The molecule has 1 fully saturated rings. The van der Waals surface area contributed by atoms with E-state index >= 15 is 0 Å². The molecule has 0 aliphatic heterocycles. The van der Waals surface area contributed by atoms with Gasteiger partial charge < -0.3 is 10.0 Å². The van der Waals surface area contributed by atoms with Crippen LogP contribution in [0.5, 0.6) is 0 Å². The molecule has 1 aromatic heterocycles. The molecule has 1 aromatic carbocycles. The van der Waals surface area contributed by atoms with Crippen molar-refractivity contribution in [3.05, 3.63) is 41.5 Å². The Hall–Kier alpha value is -2.28. The van der Waals surface area contributed by atoms with E-state index < -0.39 is 0 Å². The first-order valence-corrected chi connectivity index (χ1v) is 7.56. The number of aliphatic hydroxyl groups is 1. The molecule has 6 nitrogen and oxygen atoms in total. The van der Waals surface area contributed by atoms with E-state index in [1.54, 1.807) is 31.1 Å². The summed E-state index contributed by atoms with van der Waals surface area (Å²) in [4.78, 5) is 14.0. The first-order valence-electron chi connectivity index (χ1n) is 7.56. The number of aliphatic hydroxyl groups excluding tert-OH is 1. The Morgan fingerprint density at radius 3 is 2.87 bits per heavy atom. The molecule has 1 aliphatic rings. The molecule has 0 unspecified atom stereocenters. The van der Waals surface area contributed by atoms with Crippen molar-refractivity contribution in [3.63, 3.8) is 0 Å². The van der Waals surface area contributed by atoms with Crippen LogP contribution in [0.1, 0.15) is 28.9 Å². The molecule has 1 N–H and O–H groups in total. The molecule has 7 heteroatoms. The van der Waals surface area contributed by atoms with Gasteiger partial charge >= 0.3 is 0 Å². The molecule has 2 aromatic rings. The minimum Gasteiger partial charge on any atom is -0.393 e. The highest BCUT2D eigenvalue weighted by Crippen LogP contribution is 2.27. The molecule has 1 saturated carbocycles. The molecular weight excluding hydrogens is 299 g/mol. The van der Waals surface area contributed by atoms with E-state index in [1.165, 1.54) is 16.8 Å². The van der Waals surface area contributed by atoms with Crippen LogP contribution >= 0.6 is 0 Å². The van der Waals surface area contributed by atoms with Gasteiger partial charge in [0.05, 0.1) is 18.0 Å². The van der Waals surface area contributed by atoms with Gasteiger partial charge in [0.2, 0.25) is 0 Å². The fourth-order valence-electron chi connectivity index (χ4n) is 2.87. The van der Waals surface area contributed by atoms with Crippen molar-refractivity contribution in [2.45, 2.75) is 25.9 Å². The van der Waals surface area contributed by atoms with Crippen LogP contribution in [0, 0.1) is 18.7 Å². The second kappa shape index (κ2) is 6.08. The predicted octanol–water partition coefficient (Wildman–Crippen LogP) is 1.56. The van der Waals surface area contributed by atoms with Crippen LogP contribution in [0.3, 0.4) is 0 Å². The fraction of sp³-hybridized carbons (Fsp3) is 0.438. The van der Waals surface area contributed by atoms with E-state index in [9.17, 15) is 14.3 Å². The van der Waals surface area contributed by atoms with Crippen molar-refractivity contribution in [1.82, 2.24) is 19.9 Å². The highest BCUT2D eigenvalue weighted by Gasteiger charge is 2.29. The number of carbonyl (C=O) groups is 1. The number of aromatic nitrogens is 3. The van der Waals surface area contributed by atoms with E-state index in [0.29, 0.717) is 23.7 Å². The maximum Gasteiger partial charge on any atom is 0.275 e. The lowest BCUT2D eigenvalue weighted by atomic mass is 9.82. The minimum absolute atomic E-state index is 0.211. The summed E-state index contributed by atoms with van der Waals surface area (Å²) in [5, 5.41) is 17.2. The van der Waals surface area contributed by atoms with Crippen LogP contribution in [0.25, 0.3) is 5.69 Å².